The van der Waals surface area contributed by atoms with Gasteiger partial charge in [-0.05, 0) is 30.5 Å². The van der Waals surface area contributed by atoms with Gasteiger partial charge in [-0.2, -0.15) is 0 Å². The number of aryl methyl sites for hydroxylation is 1. The molecule has 3 N–H and O–H groups in total. The summed E-state index contributed by atoms with van der Waals surface area (Å²) in [5, 5.41) is 4.59. The van der Waals surface area contributed by atoms with Crippen molar-refractivity contribution in [2.75, 3.05) is 29.9 Å². The highest BCUT2D eigenvalue weighted by atomic mass is 15.2. The Morgan fingerprint density at radius 1 is 1.00 bits per heavy atom. The van der Waals surface area contributed by atoms with Crippen molar-refractivity contribution in [2.24, 2.45) is 5.73 Å². The number of hydrogen-bond donors (Lipinski definition) is 2. The van der Waals surface area contributed by atoms with E-state index in [1.807, 2.05) is 12.1 Å². The Hall–Kier alpha value is -2.59. The van der Waals surface area contributed by atoms with Crippen LogP contribution in [0.15, 0.2) is 54.6 Å². The number of aromatic nitrogens is 1. The molecule has 0 aliphatic rings. The van der Waals surface area contributed by atoms with Gasteiger partial charge in [0, 0.05) is 43.3 Å². The average Bonchev–Trinajstić information content (AvgIpc) is 2.70. The Morgan fingerprint density at radius 2 is 1.73 bits per heavy atom. The van der Waals surface area contributed by atoms with Crippen molar-refractivity contribution >= 4 is 22.4 Å². The lowest BCUT2D eigenvalue weighted by atomic mass is 10.0. The van der Waals surface area contributed by atoms with Crippen molar-refractivity contribution < 1.29 is 0 Å². The third-order valence-electron chi connectivity index (χ3n) is 4.73. The molecule has 4 heteroatoms. The van der Waals surface area contributed by atoms with Gasteiger partial charge in [-0.15, -0.1) is 0 Å². The zero-order valence-corrected chi connectivity index (χ0v) is 15.7. The van der Waals surface area contributed by atoms with Gasteiger partial charge in [0.25, 0.3) is 0 Å². The molecule has 2 aromatic carbocycles. The summed E-state index contributed by atoms with van der Waals surface area (Å²) >= 11 is 0. The summed E-state index contributed by atoms with van der Waals surface area (Å²) in [6.07, 6.45) is 1.04. The van der Waals surface area contributed by atoms with Gasteiger partial charge < -0.3 is 16.0 Å². The van der Waals surface area contributed by atoms with E-state index in [4.69, 9.17) is 10.7 Å². The van der Waals surface area contributed by atoms with Crippen molar-refractivity contribution in [3.8, 4) is 0 Å². The maximum Gasteiger partial charge on any atom is 0.131 e. The summed E-state index contributed by atoms with van der Waals surface area (Å²) in [6, 6.07) is 19.1. The van der Waals surface area contributed by atoms with E-state index in [0.717, 1.165) is 48.5 Å². The van der Waals surface area contributed by atoms with Gasteiger partial charge >= 0.3 is 0 Å². The van der Waals surface area contributed by atoms with E-state index in [1.54, 1.807) is 0 Å². The monoisotopic (exact) mass is 348 g/mol. The molecule has 136 valence electrons. The van der Waals surface area contributed by atoms with Crippen LogP contribution in [0.4, 0.5) is 11.5 Å². The zero-order chi connectivity index (χ0) is 18.4. The molecule has 0 saturated heterocycles. The number of para-hydroxylation sites is 1. The number of fused-ring (bicyclic) bond motifs is 1. The highest BCUT2D eigenvalue weighted by Crippen LogP contribution is 2.28. The molecule has 0 saturated carbocycles. The molecule has 1 heterocycles. The second kappa shape index (κ2) is 8.68. The SMILES string of the molecule is CCc1ccccc1CN(CC)c1cc(NCCN)c2ccccc2n1. The lowest BCUT2D eigenvalue weighted by molar-refractivity contribution is 0.808. The minimum Gasteiger partial charge on any atom is -0.383 e. The summed E-state index contributed by atoms with van der Waals surface area (Å²) in [7, 11) is 0. The molecule has 0 amide bonds. The van der Waals surface area contributed by atoms with Crippen LogP contribution in [0.2, 0.25) is 0 Å². The van der Waals surface area contributed by atoms with E-state index in [0.29, 0.717) is 6.54 Å². The number of pyridine rings is 1. The molecule has 0 fully saturated rings. The first-order chi connectivity index (χ1) is 12.8. The van der Waals surface area contributed by atoms with E-state index in [1.165, 1.54) is 11.1 Å². The maximum atomic E-state index is 5.69. The van der Waals surface area contributed by atoms with E-state index in [2.05, 4.69) is 66.5 Å². The first-order valence-corrected chi connectivity index (χ1v) is 9.42. The third-order valence-corrected chi connectivity index (χ3v) is 4.73. The van der Waals surface area contributed by atoms with Crippen LogP contribution in [0.5, 0.6) is 0 Å². The van der Waals surface area contributed by atoms with Crippen LogP contribution >= 0.6 is 0 Å². The standard InChI is InChI=1S/C22H28N4/c1-3-17-9-5-6-10-18(17)16-26(4-2)22-15-21(24-14-13-23)19-11-7-8-12-20(19)25-22/h5-12,15H,3-4,13-14,16,23H2,1-2H3,(H,24,25). The summed E-state index contributed by atoms with van der Waals surface area (Å²) in [5.74, 6) is 0.997. The van der Waals surface area contributed by atoms with E-state index < -0.39 is 0 Å². The normalized spacial score (nSPS) is 10.9. The number of anilines is 2. The number of nitrogens with two attached hydrogens (primary N) is 1. The molecule has 0 unspecified atom stereocenters. The molecule has 26 heavy (non-hydrogen) atoms. The van der Waals surface area contributed by atoms with Gasteiger partial charge in [0.15, 0.2) is 0 Å². The molecule has 3 aromatic rings. The predicted octanol–water partition coefficient (Wildman–Crippen LogP) is 4.19. The van der Waals surface area contributed by atoms with Gasteiger partial charge in [-0.1, -0.05) is 49.4 Å². The molecule has 0 bridgehead atoms. The fraction of sp³-hybridized carbons (Fsp3) is 0.318. The summed E-state index contributed by atoms with van der Waals surface area (Å²) in [4.78, 5) is 7.25. The third kappa shape index (κ3) is 3.97. The average molecular weight is 348 g/mol. The van der Waals surface area contributed by atoms with Crippen LogP contribution in [0.3, 0.4) is 0 Å². The van der Waals surface area contributed by atoms with Gasteiger partial charge in [0.2, 0.25) is 0 Å². The molecular weight excluding hydrogens is 320 g/mol. The number of benzene rings is 2. The fourth-order valence-electron chi connectivity index (χ4n) is 3.29. The van der Waals surface area contributed by atoms with Crippen molar-refractivity contribution in [3.63, 3.8) is 0 Å². The Morgan fingerprint density at radius 3 is 2.46 bits per heavy atom. The van der Waals surface area contributed by atoms with Crippen molar-refractivity contribution in [1.29, 1.82) is 0 Å². The predicted molar refractivity (Wildman–Crippen MR) is 112 cm³/mol. The van der Waals surface area contributed by atoms with E-state index in [9.17, 15) is 0 Å². The Balaban J connectivity index is 1.98. The minimum atomic E-state index is 0.605. The molecule has 0 atom stereocenters. The molecule has 0 spiro atoms. The number of nitrogens with one attached hydrogen (secondary N) is 1. The first kappa shape index (κ1) is 18.2. The molecule has 3 rings (SSSR count). The fourth-order valence-corrected chi connectivity index (χ4v) is 3.29. The van der Waals surface area contributed by atoms with Crippen molar-refractivity contribution in [3.05, 3.63) is 65.7 Å². The summed E-state index contributed by atoms with van der Waals surface area (Å²) in [6.45, 7) is 7.50. The topological polar surface area (TPSA) is 54.2 Å². The second-order valence-corrected chi connectivity index (χ2v) is 6.40. The van der Waals surface area contributed by atoms with E-state index >= 15 is 0 Å². The Labute approximate surface area is 156 Å². The Bertz CT molecular complexity index is 860. The van der Waals surface area contributed by atoms with Gasteiger partial charge in [0.1, 0.15) is 5.82 Å². The van der Waals surface area contributed by atoms with E-state index in [-0.39, 0.29) is 0 Å². The van der Waals surface area contributed by atoms with Crippen LogP contribution in [-0.2, 0) is 13.0 Å². The summed E-state index contributed by atoms with van der Waals surface area (Å²) < 4.78 is 0. The number of hydrogen-bond acceptors (Lipinski definition) is 4. The van der Waals surface area contributed by atoms with Crippen LogP contribution in [0.1, 0.15) is 25.0 Å². The quantitative estimate of drug-likeness (QED) is 0.641. The molecule has 1 aromatic heterocycles. The zero-order valence-electron chi connectivity index (χ0n) is 15.7. The van der Waals surface area contributed by atoms with Crippen LogP contribution in [-0.4, -0.2) is 24.6 Å². The Kier molecular flexibility index (Phi) is 6.08. The van der Waals surface area contributed by atoms with Crippen LogP contribution in [0.25, 0.3) is 10.9 Å². The largest absolute Gasteiger partial charge is 0.383 e. The first-order valence-electron chi connectivity index (χ1n) is 9.42. The highest BCUT2D eigenvalue weighted by molar-refractivity contribution is 5.93. The van der Waals surface area contributed by atoms with Crippen molar-refractivity contribution in [2.45, 2.75) is 26.8 Å². The van der Waals surface area contributed by atoms with Crippen molar-refractivity contribution in [1.82, 2.24) is 4.98 Å². The lowest BCUT2D eigenvalue weighted by Gasteiger charge is -2.25. The van der Waals surface area contributed by atoms with Gasteiger partial charge in [-0.25, -0.2) is 4.98 Å². The molecular formula is C22H28N4. The molecule has 0 radical (unpaired) electrons. The minimum absolute atomic E-state index is 0.605. The number of nitrogens with zero attached hydrogens (tertiary/aromatic N) is 2. The lowest BCUT2D eigenvalue weighted by Crippen LogP contribution is -2.24. The highest BCUT2D eigenvalue weighted by Gasteiger charge is 2.12. The summed E-state index contributed by atoms with van der Waals surface area (Å²) in [5.41, 5.74) is 10.6. The van der Waals surface area contributed by atoms with Gasteiger partial charge in [0.05, 0.1) is 5.52 Å². The maximum absolute atomic E-state index is 5.69. The smallest absolute Gasteiger partial charge is 0.131 e. The molecule has 4 nitrogen and oxygen atoms in total. The second-order valence-electron chi connectivity index (χ2n) is 6.40. The number of rotatable bonds is 8. The van der Waals surface area contributed by atoms with Crippen LogP contribution in [0, 0.1) is 0 Å². The molecule has 0 aliphatic carbocycles. The van der Waals surface area contributed by atoms with Gasteiger partial charge in [-0.3, -0.25) is 0 Å². The van der Waals surface area contributed by atoms with Crippen LogP contribution < -0.4 is 16.0 Å². The molecule has 0 aliphatic heterocycles.